The molecule has 0 aliphatic heterocycles. The van der Waals surface area contributed by atoms with Gasteiger partial charge in [-0.3, -0.25) is 19.2 Å². The summed E-state index contributed by atoms with van der Waals surface area (Å²) in [6.07, 6.45) is 0. The molecule has 1 N–H and O–H groups in total. The number of hydrogen-bond donors (Lipinski definition) is 1. The van der Waals surface area contributed by atoms with E-state index >= 15 is 0 Å². The normalized spacial score (nSPS) is 11.3. The number of fused-ring (bicyclic) bond motifs is 1. The van der Waals surface area contributed by atoms with Gasteiger partial charge in [0.2, 0.25) is 11.0 Å². The molecule has 1 amide bonds. The third-order valence-corrected chi connectivity index (χ3v) is 4.67. The summed E-state index contributed by atoms with van der Waals surface area (Å²) >= 11 is 1.35. The van der Waals surface area contributed by atoms with E-state index in [-0.39, 0.29) is 24.1 Å². The van der Waals surface area contributed by atoms with Crippen molar-refractivity contribution in [1.29, 1.82) is 0 Å². The first-order chi connectivity index (χ1) is 11.0. The van der Waals surface area contributed by atoms with Crippen LogP contribution in [0.15, 0.2) is 29.1 Å². The first-order valence-corrected chi connectivity index (χ1v) is 8.06. The average Bonchev–Trinajstić information content (AvgIpc) is 3.07. The number of nitrogens with one attached hydrogen (secondary N) is 1. The fraction of sp³-hybridized carbons (Fsp3) is 0.333. The number of carbonyl (C=O) groups excluding carboxylic acids is 1. The van der Waals surface area contributed by atoms with E-state index in [4.69, 9.17) is 0 Å². The first kappa shape index (κ1) is 15.4. The molecular weight excluding hydrogens is 314 g/mol. The Kier molecular flexibility index (Phi) is 3.99. The van der Waals surface area contributed by atoms with Crippen LogP contribution in [0.1, 0.15) is 24.8 Å². The van der Waals surface area contributed by atoms with Gasteiger partial charge in [0.05, 0.1) is 11.0 Å². The van der Waals surface area contributed by atoms with Crippen LogP contribution < -0.4 is 11.0 Å². The van der Waals surface area contributed by atoms with Gasteiger partial charge in [0.1, 0.15) is 11.6 Å². The first-order valence-electron chi connectivity index (χ1n) is 7.25. The van der Waals surface area contributed by atoms with Gasteiger partial charge in [-0.05, 0) is 12.1 Å². The lowest BCUT2D eigenvalue weighted by Gasteiger charge is -2.03. The maximum atomic E-state index is 12.3. The van der Waals surface area contributed by atoms with Gasteiger partial charge in [0.25, 0.3) is 0 Å². The largest absolute Gasteiger partial charge is 0.329 e. The van der Waals surface area contributed by atoms with Gasteiger partial charge in [0, 0.05) is 13.0 Å². The SMILES string of the molecule is CC(C)c1nnc(NC(=O)Cn2c(=O)n(C)c3ccccc32)s1. The highest BCUT2D eigenvalue weighted by molar-refractivity contribution is 7.15. The second kappa shape index (κ2) is 5.96. The molecule has 0 saturated carbocycles. The standard InChI is InChI=1S/C15H17N5O2S/c1-9(2)13-17-18-14(23-13)16-12(21)8-20-11-7-5-4-6-10(11)19(3)15(20)22/h4-7,9H,8H2,1-3H3,(H,16,18,21). The van der Waals surface area contributed by atoms with Gasteiger partial charge in [0.15, 0.2) is 0 Å². The van der Waals surface area contributed by atoms with E-state index in [1.54, 1.807) is 7.05 Å². The van der Waals surface area contributed by atoms with Gasteiger partial charge in [-0.1, -0.05) is 37.3 Å². The number of anilines is 1. The van der Waals surface area contributed by atoms with E-state index in [9.17, 15) is 9.59 Å². The van der Waals surface area contributed by atoms with Crippen LogP contribution in [0.4, 0.5) is 5.13 Å². The summed E-state index contributed by atoms with van der Waals surface area (Å²) in [7, 11) is 1.69. The molecule has 0 bridgehead atoms. The minimum Gasteiger partial charge on any atom is -0.299 e. The van der Waals surface area contributed by atoms with Crippen LogP contribution in [0.2, 0.25) is 0 Å². The lowest BCUT2D eigenvalue weighted by atomic mass is 10.2. The van der Waals surface area contributed by atoms with E-state index in [0.29, 0.717) is 5.13 Å². The molecule has 0 atom stereocenters. The quantitative estimate of drug-likeness (QED) is 0.792. The van der Waals surface area contributed by atoms with E-state index in [1.165, 1.54) is 20.5 Å². The Hall–Kier alpha value is -2.48. The molecule has 8 heteroatoms. The number of hydrogen-bond acceptors (Lipinski definition) is 5. The number of imidazole rings is 1. The number of aryl methyl sites for hydroxylation is 1. The molecule has 0 saturated heterocycles. The van der Waals surface area contributed by atoms with Crippen molar-refractivity contribution >= 4 is 33.4 Å². The average molecular weight is 331 g/mol. The van der Waals surface area contributed by atoms with Crippen molar-refractivity contribution in [2.75, 3.05) is 5.32 Å². The smallest absolute Gasteiger partial charge is 0.299 e. The van der Waals surface area contributed by atoms with Gasteiger partial charge < -0.3 is 0 Å². The second-order valence-corrected chi connectivity index (χ2v) is 6.57. The molecule has 0 aliphatic carbocycles. The summed E-state index contributed by atoms with van der Waals surface area (Å²) in [5.74, 6) is -0.0336. The summed E-state index contributed by atoms with van der Waals surface area (Å²) in [6.45, 7) is 3.97. The molecule has 3 aromatic rings. The molecule has 1 aromatic carbocycles. The molecule has 23 heavy (non-hydrogen) atoms. The van der Waals surface area contributed by atoms with Crippen LogP contribution in [0.3, 0.4) is 0 Å². The minimum atomic E-state index is -0.296. The number of carbonyl (C=O) groups is 1. The number of para-hydroxylation sites is 2. The Morgan fingerprint density at radius 3 is 2.61 bits per heavy atom. The summed E-state index contributed by atoms with van der Waals surface area (Å²) in [4.78, 5) is 24.5. The molecule has 2 heterocycles. The van der Waals surface area contributed by atoms with E-state index in [2.05, 4.69) is 15.5 Å². The molecule has 0 unspecified atom stereocenters. The number of rotatable bonds is 4. The predicted octanol–water partition coefficient (Wildman–Crippen LogP) is 1.95. The van der Waals surface area contributed by atoms with Crippen LogP contribution in [-0.4, -0.2) is 25.2 Å². The van der Waals surface area contributed by atoms with Crippen molar-refractivity contribution in [1.82, 2.24) is 19.3 Å². The maximum Gasteiger partial charge on any atom is 0.329 e. The number of nitrogens with zero attached hydrogens (tertiary/aromatic N) is 4. The van der Waals surface area contributed by atoms with Crippen LogP contribution in [0.5, 0.6) is 0 Å². The second-order valence-electron chi connectivity index (χ2n) is 5.56. The molecule has 0 aliphatic rings. The molecule has 3 rings (SSSR count). The summed E-state index contributed by atoms with van der Waals surface area (Å²) in [5, 5.41) is 12.0. The number of benzene rings is 1. The molecule has 0 radical (unpaired) electrons. The monoisotopic (exact) mass is 331 g/mol. The third kappa shape index (κ3) is 2.89. The van der Waals surface area contributed by atoms with Crippen molar-refractivity contribution in [2.45, 2.75) is 26.3 Å². The zero-order valence-corrected chi connectivity index (χ0v) is 13.9. The molecule has 0 spiro atoms. The van der Waals surface area contributed by atoms with Crippen LogP contribution in [0, 0.1) is 0 Å². The zero-order valence-electron chi connectivity index (χ0n) is 13.1. The van der Waals surface area contributed by atoms with Crippen LogP contribution in [-0.2, 0) is 18.4 Å². The molecule has 7 nitrogen and oxygen atoms in total. The van der Waals surface area contributed by atoms with Crippen molar-refractivity contribution in [3.63, 3.8) is 0 Å². The van der Waals surface area contributed by atoms with Crippen molar-refractivity contribution in [3.05, 3.63) is 39.8 Å². The molecule has 0 fully saturated rings. The Morgan fingerprint density at radius 2 is 1.96 bits per heavy atom. The van der Waals surface area contributed by atoms with Gasteiger partial charge in [-0.2, -0.15) is 0 Å². The topological polar surface area (TPSA) is 81.8 Å². The van der Waals surface area contributed by atoms with Crippen LogP contribution in [0.25, 0.3) is 11.0 Å². The lowest BCUT2D eigenvalue weighted by Crippen LogP contribution is -2.28. The maximum absolute atomic E-state index is 12.3. The van der Waals surface area contributed by atoms with E-state index < -0.39 is 0 Å². The van der Waals surface area contributed by atoms with Crippen molar-refractivity contribution < 1.29 is 4.79 Å². The Bertz CT molecular complexity index is 921. The molecule has 2 aromatic heterocycles. The molecular formula is C15H17N5O2S. The van der Waals surface area contributed by atoms with Crippen molar-refractivity contribution in [3.8, 4) is 0 Å². The predicted molar refractivity (Wildman–Crippen MR) is 89.8 cm³/mol. The summed E-state index contributed by atoms with van der Waals surface area (Å²) in [5.41, 5.74) is 1.31. The Morgan fingerprint density at radius 1 is 1.26 bits per heavy atom. The number of amides is 1. The van der Waals surface area contributed by atoms with Crippen molar-refractivity contribution in [2.24, 2.45) is 7.05 Å². The zero-order chi connectivity index (χ0) is 16.6. The Balaban J connectivity index is 1.83. The van der Waals surface area contributed by atoms with E-state index in [1.807, 2.05) is 38.1 Å². The van der Waals surface area contributed by atoms with Gasteiger partial charge in [-0.15, -0.1) is 10.2 Å². The van der Waals surface area contributed by atoms with Gasteiger partial charge >= 0.3 is 5.69 Å². The fourth-order valence-electron chi connectivity index (χ4n) is 2.34. The van der Waals surface area contributed by atoms with Crippen LogP contribution >= 0.6 is 11.3 Å². The van der Waals surface area contributed by atoms with Gasteiger partial charge in [-0.25, -0.2) is 4.79 Å². The highest BCUT2D eigenvalue weighted by atomic mass is 32.1. The highest BCUT2D eigenvalue weighted by Gasteiger charge is 2.15. The Labute approximate surface area is 136 Å². The fourth-order valence-corrected chi connectivity index (χ4v) is 3.10. The molecule has 120 valence electrons. The third-order valence-electron chi connectivity index (χ3n) is 3.53. The minimum absolute atomic E-state index is 0.0588. The summed E-state index contributed by atoms with van der Waals surface area (Å²) in [6, 6.07) is 7.38. The van der Waals surface area contributed by atoms with E-state index in [0.717, 1.165) is 16.0 Å². The highest BCUT2D eigenvalue weighted by Crippen LogP contribution is 2.22. The summed E-state index contributed by atoms with van der Waals surface area (Å²) < 4.78 is 2.99. The number of aromatic nitrogens is 4. The lowest BCUT2D eigenvalue weighted by molar-refractivity contribution is -0.116.